The van der Waals surface area contributed by atoms with Crippen molar-refractivity contribution in [3.05, 3.63) is 47.0 Å². The summed E-state index contributed by atoms with van der Waals surface area (Å²) in [6.07, 6.45) is 3.54. The molecular weight excluding hydrogens is 279 g/mol. The molecule has 1 aromatic rings. The molecule has 22 heavy (non-hydrogen) atoms. The molecule has 0 unspecified atom stereocenters. The Morgan fingerprint density at radius 2 is 2.09 bits per heavy atom. The molecule has 0 spiro atoms. The van der Waals surface area contributed by atoms with Crippen molar-refractivity contribution in [1.29, 1.82) is 0 Å². The van der Waals surface area contributed by atoms with E-state index in [2.05, 4.69) is 31.1 Å². The van der Waals surface area contributed by atoms with Crippen LogP contribution in [0.3, 0.4) is 0 Å². The van der Waals surface area contributed by atoms with Crippen molar-refractivity contribution in [1.82, 2.24) is 10.6 Å². The van der Waals surface area contributed by atoms with Crippen molar-refractivity contribution in [3.8, 4) is 0 Å². The second kappa shape index (κ2) is 7.63. The van der Waals surface area contributed by atoms with E-state index in [-0.39, 0.29) is 5.82 Å². The van der Waals surface area contributed by atoms with Crippen LogP contribution in [0, 0.1) is 5.82 Å². The fourth-order valence-corrected chi connectivity index (χ4v) is 2.80. The minimum Gasteiger partial charge on any atom is -0.380 e. The number of nitrogens with one attached hydrogen (secondary N) is 2. The first-order valence-electron chi connectivity index (χ1n) is 8.00. The zero-order chi connectivity index (χ0) is 16.1. The van der Waals surface area contributed by atoms with Crippen molar-refractivity contribution in [2.45, 2.75) is 58.2 Å². The van der Waals surface area contributed by atoms with Crippen molar-refractivity contribution in [2.75, 3.05) is 7.11 Å². The molecule has 0 radical (unpaired) electrons. The summed E-state index contributed by atoms with van der Waals surface area (Å²) in [5.41, 5.74) is 2.89. The van der Waals surface area contributed by atoms with E-state index >= 15 is 0 Å². The first kappa shape index (κ1) is 16.8. The highest BCUT2D eigenvalue weighted by atomic mass is 19.1. The topological polar surface area (TPSA) is 33.3 Å². The molecule has 0 saturated heterocycles. The van der Waals surface area contributed by atoms with Gasteiger partial charge in [0, 0.05) is 25.3 Å². The molecule has 2 rings (SSSR count). The lowest BCUT2D eigenvalue weighted by atomic mass is 9.77. The van der Waals surface area contributed by atoms with E-state index < -0.39 is 0 Å². The highest BCUT2D eigenvalue weighted by Crippen LogP contribution is 2.39. The molecule has 4 heteroatoms. The summed E-state index contributed by atoms with van der Waals surface area (Å²) in [7, 11) is 1.59. The van der Waals surface area contributed by atoms with Gasteiger partial charge in [0.1, 0.15) is 5.82 Å². The summed E-state index contributed by atoms with van der Waals surface area (Å²) < 4.78 is 19.3. The molecule has 0 bridgehead atoms. The summed E-state index contributed by atoms with van der Waals surface area (Å²) in [6, 6.07) is 3.97. The highest BCUT2D eigenvalue weighted by molar-refractivity contribution is 5.36. The van der Waals surface area contributed by atoms with E-state index in [0.717, 1.165) is 29.8 Å². The summed E-state index contributed by atoms with van der Waals surface area (Å²) >= 11 is 0. The summed E-state index contributed by atoms with van der Waals surface area (Å²) in [5, 5.41) is 6.53. The van der Waals surface area contributed by atoms with Crippen LogP contribution in [0.2, 0.25) is 0 Å². The van der Waals surface area contributed by atoms with Crippen molar-refractivity contribution >= 4 is 0 Å². The maximum Gasteiger partial charge on any atom is 0.129 e. The van der Waals surface area contributed by atoms with E-state index in [0.29, 0.717) is 30.7 Å². The minimum atomic E-state index is -0.161. The Balaban J connectivity index is 2.15. The van der Waals surface area contributed by atoms with Crippen LogP contribution in [0.15, 0.2) is 24.5 Å². The molecule has 1 saturated carbocycles. The number of methoxy groups -OCH3 is 1. The van der Waals surface area contributed by atoms with Crippen LogP contribution < -0.4 is 10.6 Å². The minimum absolute atomic E-state index is 0.161. The predicted molar refractivity (Wildman–Crippen MR) is 88.0 cm³/mol. The fraction of sp³-hybridized carbons (Fsp3) is 0.556. The van der Waals surface area contributed by atoms with Gasteiger partial charge in [-0.05, 0) is 55.9 Å². The van der Waals surface area contributed by atoms with Gasteiger partial charge >= 0.3 is 0 Å². The molecule has 0 amide bonds. The molecular formula is C18H27FN2O. The molecule has 3 nitrogen and oxygen atoms in total. The second-order valence-electron chi connectivity index (χ2n) is 6.33. The number of hydrogen-bond donors (Lipinski definition) is 2. The zero-order valence-corrected chi connectivity index (χ0v) is 13.8. The second-order valence-corrected chi connectivity index (χ2v) is 6.33. The normalized spacial score (nSPS) is 14.8. The van der Waals surface area contributed by atoms with Crippen molar-refractivity contribution in [2.24, 2.45) is 0 Å². The Labute approximate surface area is 132 Å². The largest absolute Gasteiger partial charge is 0.380 e. The lowest BCUT2D eigenvalue weighted by Gasteiger charge is -2.29. The van der Waals surface area contributed by atoms with Crippen LogP contribution >= 0.6 is 0 Å². The monoisotopic (exact) mass is 306 g/mol. The van der Waals surface area contributed by atoms with E-state index in [9.17, 15) is 4.39 Å². The molecule has 0 heterocycles. The lowest BCUT2D eigenvalue weighted by molar-refractivity contribution is 0.181. The van der Waals surface area contributed by atoms with Crippen LogP contribution in [0.25, 0.3) is 0 Å². The number of ether oxygens (including phenoxy) is 1. The number of halogens is 1. The highest BCUT2D eigenvalue weighted by Gasteiger charge is 2.23. The van der Waals surface area contributed by atoms with Gasteiger partial charge in [0.15, 0.2) is 0 Å². The molecule has 1 aromatic carbocycles. The first-order valence-corrected chi connectivity index (χ1v) is 8.00. The van der Waals surface area contributed by atoms with E-state index in [1.165, 1.54) is 6.42 Å². The summed E-state index contributed by atoms with van der Waals surface area (Å²) in [6.45, 7) is 9.07. The maximum atomic E-state index is 14.2. The first-order chi connectivity index (χ1) is 10.5. The molecule has 2 N–H and O–H groups in total. The predicted octanol–water partition coefficient (Wildman–Crippen LogP) is 3.80. The van der Waals surface area contributed by atoms with Crippen LogP contribution in [0.1, 0.15) is 55.7 Å². The smallest absolute Gasteiger partial charge is 0.129 e. The van der Waals surface area contributed by atoms with Gasteiger partial charge in [0.2, 0.25) is 0 Å². The van der Waals surface area contributed by atoms with Crippen molar-refractivity contribution < 1.29 is 9.13 Å². The Bertz CT molecular complexity index is 524. The molecule has 1 fully saturated rings. The van der Waals surface area contributed by atoms with E-state index in [1.54, 1.807) is 13.2 Å². The SMILES string of the molecule is C=C(NCc1cc(COC)c(F)cc1C1CCC1)NC(C)C. The van der Waals surface area contributed by atoms with E-state index in [1.807, 2.05) is 6.07 Å². The Kier molecular flexibility index (Phi) is 5.83. The van der Waals surface area contributed by atoms with Crippen molar-refractivity contribution in [3.63, 3.8) is 0 Å². The van der Waals surface area contributed by atoms with Crippen LogP contribution in [-0.4, -0.2) is 13.2 Å². The van der Waals surface area contributed by atoms with Gasteiger partial charge < -0.3 is 15.4 Å². The fourth-order valence-electron chi connectivity index (χ4n) is 2.80. The van der Waals surface area contributed by atoms with Gasteiger partial charge in [-0.15, -0.1) is 0 Å². The summed E-state index contributed by atoms with van der Waals surface area (Å²) in [5.74, 6) is 1.13. The van der Waals surface area contributed by atoms with Crippen LogP contribution in [0.5, 0.6) is 0 Å². The average Bonchev–Trinajstić information content (AvgIpc) is 2.37. The Morgan fingerprint density at radius 1 is 1.36 bits per heavy atom. The van der Waals surface area contributed by atoms with Gasteiger partial charge in [0.25, 0.3) is 0 Å². The van der Waals surface area contributed by atoms with Gasteiger partial charge in [0.05, 0.1) is 12.4 Å². The third-order valence-corrected chi connectivity index (χ3v) is 4.11. The lowest BCUT2D eigenvalue weighted by Crippen LogP contribution is -2.30. The number of rotatable bonds is 8. The van der Waals surface area contributed by atoms with Gasteiger partial charge in [-0.25, -0.2) is 4.39 Å². The van der Waals surface area contributed by atoms with Gasteiger partial charge in [-0.1, -0.05) is 13.0 Å². The van der Waals surface area contributed by atoms with Gasteiger partial charge in [-0.3, -0.25) is 0 Å². The molecule has 0 atom stereocenters. The third-order valence-electron chi connectivity index (χ3n) is 4.11. The summed E-state index contributed by atoms with van der Waals surface area (Å²) in [4.78, 5) is 0. The van der Waals surface area contributed by atoms with Crippen LogP contribution in [0.4, 0.5) is 4.39 Å². The average molecular weight is 306 g/mol. The standard InChI is InChI=1S/C18H27FN2O/c1-12(2)21-13(3)20-10-15-8-16(11-22-4)18(19)9-17(15)14-6-5-7-14/h8-9,12,14,20-21H,3,5-7,10-11H2,1-2,4H3. The number of hydrogen-bond acceptors (Lipinski definition) is 3. The molecule has 0 aliphatic heterocycles. The zero-order valence-electron chi connectivity index (χ0n) is 13.8. The van der Waals surface area contributed by atoms with Crippen LogP contribution in [-0.2, 0) is 17.9 Å². The maximum absolute atomic E-state index is 14.2. The molecule has 0 aromatic heterocycles. The van der Waals surface area contributed by atoms with Gasteiger partial charge in [-0.2, -0.15) is 0 Å². The molecule has 122 valence electrons. The molecule has 1 aliphatic rings. The quantitative estimate of drug-likeness (QED) is 0.766. The Hall–Kier alpha value is -1.55. The Morgan fingerprint density at radius 3 is 2.64 bits per heavy atom. The number of benzene rings is 1. The molecule has 1 aliphatic carbocycles. The van der Waals surface area contributed by atoms with E-state index in [4.69, 9.17) is 4.74 Å². The third kappa shape index (κ3) is 4.23.